The fraction of sp³-hybridized carbons (Fsp3) is 0.882. The first-order valence-electron chi connectivity index (χ1n) is 8.49. The van der Waals surface area contributed by atoms with Crippen molar-refractivity contribution in [2.45, 2.75) is 90.4 Å². The van der Waals surface area contributed by atoms with Crippen LogP contribution in [0.1, 0.15) is 90.4 Å². The lowest BCUT2D eigenvalue weighted by Gasteiger charge is -2.20. The van der Waals surface area contributed by atoms with E-state index in [9.17, 15) is 9.59 Å². The Morgan fingerprint density at radius 3 is 1.95 bits per heavy atom. The molecule has 0 aromatic heterocycles. The number of carbonyl (C=O) groups is 2. The zero-order chi connectivity index (χ0) is 15.9. The van der Waals surface area contributed by atoms with Gasteiger partial charge in [-0.25, -0.2) is 0 Å². The predicted molar refractivity (Wildman–Crippen MR) is 84.5 cm³/mol. The highest BCUT2D eigenvalue weighted by Crippen LogP contribution is 2.26. The number of hydrogen-bond acceptors (Lipinski definition) is 2. The number of aliphatic carboxylic acids is 2. The molecular weight excluding hydrogens is 268 g/mol. The van der Waals surface area contributed by atoms with Gasteiger partial charge in [0.15, 0.2) is 0 Å². The zero-order valence-electron chi connectivity index (χ0n) is 13.5. The molecular formula is C17H32O4. The fourth-order valence-corrected chi connectivity index (χ4v) is 2.68. The van der Waals surface area contributed by atoms with E-state index < -0.39 is 11.9 Å². The van der Waals surface area contributed by atoms with Crippen molar-refractivity contribution in [3.05, 3.63) is 0 Å². The molecule has 21 heavy (non-hydrogen) atoms. The van der Waals surface area contributed by atoms with Crippen LogP contribution in [0.3, 0.4) is 0 Å². The standard InChI is InChI=1S/C9H16O2.C8H16O2/c10-9(11)7-6-8-4-2-1-3-5-8;1-2-3-4-5-6-7-8(9)10/h8H,1-7H2,(H,10,11);2-7H2,1H3,(H,9,10). The van der Waals surface area contributed by atoms with Crippen molar-refractivity contribution in [2.75, 3.05) is 0 Å². The van der Waals surface area contributed by atoms with Crippen LogP contribution in [-0.4, -0.2) is 22.2 Å². The molecule has 1 aliphatic carbocycles. The van der Waals surface area contributed by atoms with Crippen molar-refractivity contribution >= 4 is 11.9 Å². The van der Waals surface area contributed by atoms with Gasteiger partial charge in [0.2, 0.25) is 0 Å². The Morgan fingerprint density at radius 2 is 1.43 bits per heavy atom. The van der Waals surface area contributed by atoms with E-state index in [2.05, 4.69) is 6.92 Å². The van der Waals surface area contributed by atoms with Crippen LogP contribution < -0.4 is 0 Å². The quantitative estimate of drug-likeness (QED) is 0.596. The van der Waals surface area contributed by atoms with Gasteiger partial charge in [-0.05, 0) is 18.8 Å². The van der Waals surface area contributed by atoms with Crippen molar-refractivity contribution in [2.24, 2.45) is 5.92 Å². The largest absolute Gasteiger partial charge is 0.481 e. The summed E-state index contributed by atoms with van der Waals surface area (Å²) in [5.41, 5.74) is 0. The lowest BCUT2D eigenvalue weighted by molar-refractivity contribution is -0.138. The molecule has 124 valence electrons. The molecule has 1 rings (SSSR count). The molecule has 4 heteroatoms. The van der Waals surface area contributed by atoms with Gasteiger partial charge in [0, 0.05) is 12.8 Å². The minimum absolute atomic E-state index is 0.337. The number of carboxylic acids is 2. The smallest absolute Gasteiger partial charge is 0.303 e. The van der Waals surface area contributed by atoms with E-state index in [1.807, 2.05) is 0 Å². The van der Waals surface area contributed by atoms with Crippen LogP contribution in [0.15, 0.2) is 0 Å². The molecule has 0 aromatic carbocycles. The predicted octanol–water partition coefficient (Wildman–Crippen LogP) is 4.86. The van der Waals surface area contributed by atoms with Crippen LogP contribution in [-0.2, 0) is 9.59 Å². The third kappa shape index (κ3) is 15.2. The molecule has 2 N–H and O–H groups in total. The van der Waals surface area contributed by atoms with Gasteiger partial charge >= 0.3 is 11.9 Å². The molecule has 0 heterocycles. The maximum absolute atomic E-state index is 10.2. The first-order valence-corrected chi connectivity index (χ1v) is 8.49. The highest BCUT2D eigenvalue weighted by atomic mass is 16.4. The minimum atomic E-state index is -0.670. The SMILES string of the molecule is CCCCCCCC(=O)O.O=C(O)CCC1CCCCC1. The van der Waals surface area contributed by atoms with Crippen LogP contribution in [0, 0.1) is 5.92 Å². The van der Waals surface area contributed by atoms with Gasteiger partial charge < -0.3 is 10.2 Å². The zero-order valence-corrected chi connectivity index (χ0v) is 13.5. The van der Waals surface area contributed by atoms with E-state index in [-0.39, 0.29) is 0 Å². The van der Waals surface area contributed by atoms with Crippen LogP contribution >= 0.6 is 0 Å². The van der Waals surface area contributed by atoms with Gasteiger partial charge in [-0.3, -0.25) is 9.59 Å². The normalized spacial score (nSPS) is 15.1. The van der Waals surface area contributed by atoms with Crippen LogP contribution in [0.25, 0.3) is 0 Å². The molecule has 0 unspecified atom stereocenters. The molecule has 0 spiro atoms. The van der Waals surface area contributed by atoms with Crippen LogP contribution in [0.2, 0.25) is 0 Å². The third-order valence-corrected chi connectivity index (χ3v) is 3.99. The first-order chi connectivity index (χ1) is 10.1. The molecule has 0 bridgehead atoms. The maximum Gasteiger partial charge on any atom is 0.303 e. The lowest BCUT2D eigenvalue weighted by atomic mass is 9.86. The molecule has 0 atom stereocenters. The average Bonchev–Trinajstić information content (AvgIpc) is 2.46. The minimum Gasteiger partial charge on any atom is -0.481 e. The molecule has 0 aliphatic heterocycles. The topological polar surface area (TPSA) is 74.6 Å². The van der Waals surface area contributed by atoms with Gasteiger partial charge in [-0.1, -0.05) is 64.7 Å². The summed E-state index contributed by atoms with van der Waals surface area (Å²) in [6.07, 6.45) is 13.6. The summed E-state index contributed by atoms with van der Waals surface area (Å²) in [5, 5.41) is 16.7. The molecule has 1 saturated carbocycles. The molecule has 0 radical (unpaired) electrons. The highest BCUT2D eigenvalue weighted by Gasteiger charge is 2.13. The molecule has 0 aromatic rings. The van der Waals surface area contributed by atoms with Crippen molar-refractivity contribution in [3.63, 3.8) is 0 Å². The van der Waals surface area contributed by atoms with Gasteiger partial charge in [0.1, 0.15) is 0 Å². The van der Waals surface area contributed by atoms with E-state index in [0.717, 1.165) is 19.3 Å². The van der Waals surface area contributed by atoms with Crippen molar-refractivity contribution in [3.8, 4) is 0 Å². The van der Waals surface area contributed by atoms with Crippen molar-refractivity contribution in [1.29, 1.82) is 0 Å². The van der Waals surface area contributed by atoms with Crippen LogP contribution in [0.5, 0.6) is 0 Å². The van der Waals surface area contributed by atoms with Gasteiger partial charge in [0.25, 0.3) is 0 Å². The summed E-state index contributed by atoms with van der Waals surface area (Å²) in [5.74, 6) is -0.605. The number of unbranched alkanes of at least 4 members (excludes halogenated alkanes) is 4. The molecule has 1 aliphatic rings. The first kappa shape index (κ1) is 19.9. The summed E-state index contributed by atoms with van der Waals surface area (Å²) >= 11 is 0. The Kier molecular flexibility index (Phi) is 13.2. The Labute approximate surface area is 128 Å². The number of rotatable bonds is 9. The van der Waals surface area contributed by atoms with E-state index in [1.165, 1.54) is 51.4 Å². The van der Waals surface area contributed by atoms with E-state index >= 15 is 0 Å². The molecule has 0 amide bonds. The third-order valence-electron chi connectivity index (χ3n) is 3.99. The Bertz CT molecular complexity index is 270. The summed E-state index contributed by atoms with van der Waals surface area (Å²) in [4.78, 5) is 20.3. The Balaban J connectivity index is 0.000000384. The second-order valence-corrected chi connectivity index (χ2v) is 5.99. The van der Waals surface area contributed by atoms with E-state index in [0.29, 0.717) is 18.8 Å². The number of carboxylic acid groups (broad SMARTS) is 2. The monoisotopic (exact) mass is 300 g/mol. The Hall–Kier alpha value is -1.06. The summed E-state index contributed by atoms with van der Waals surface area (Å²) < 4.78 is 0. The highest BCUT2D eigenvalue weighted by molar-refractivity contribution is 5.66. The average molecular weight is 300 g/mol. The van der Waals surface area contributed by atoms with E-state index in [1.54, 1.807) is 0 Å². The van der Waals surface area contributed by atoms with Crippen LogP contribution in [0.4, 0.5) is 0 Å². The van der Waals surface area contributed by atoms with Crippen molar-refractivity contribution < 1.29 is 19.8 Å². The lowest BCUT2D eigenvalue weighted by Crippen LogP contribution is -2.08. The molecule has 4 nitrogen and oxygen atoms in total. The molecule has 1 fully saturated rings. The second kappa shape index (κ2) is 13.9. The van der Waals surface area contributed by atoms with E-state index in [4.69, 9.17) is 10.2 Å². The van der Waals surface area contributed by atoms with Gasteiger partial charge in [0.05, 0.1) is 0 Å². The Morgan fingerprint density at radius 1 is 0.857 bits per heavy atom. The molecule has 0 saturated heterocycles. The summed E-state index contributed by atoms with van der Waals surface area (Å²) in [6.45, 7) is 2.15. The summed E-state index contributed by atoms with van der Waals surface area (Å²) in [6, 6.07) is 0. The van der Waals surface area contributed by atoms with Gasteiger partial charge in [-0.2, -0.15) is 0 Å². The number of hydrogen-bond donors (Lipinski definition) is 2. The fourth-order valence-electron chi connectivity index (χ4n) is 2.68. The second-order valence-electron chi connectivity index (χ2n) is 5.99. The summed E-state index contributed by atoms with van der Waals surface area (Å²) in [7, 11) is 0. The van der Waals surface area contributed by atoms with Crippen molar-refractivity contribution in [1.82, 2.24) is 0 Å². The maximum atomic E-state index is 10.2. The van der Waals surface area contributed by atoms with Gasteiger partial charge in [-0.15, -0.1) is 0 Å².